The molecule has 0 spiro atoms. The molecule has 1 rings (SSSR count). The second kappa shape index (κ2) is 3.66. The lowest BCUT2D eigenvalue weighted by Gasteiger charge is -2.00. The second-order valence-electron chi connectivity index (χ2n) is 2.02. The van der Waals surface area contributed by atoms with Crippen LogP contribution in [0.3, 0.4) is 0 Å². The fraction of sp³-hybridized carbons (Fsp3) is 0.286. The van der Waals surface area contributed by atoms with E-state index in [0.717, 1.165) is 0 Å². The molecule has 1 aromatic heterocycles. The third kappa shape index (κ3) is 1.91. The summed E-state index contributed by atoms with van der Waals surface area (Å²) in [6, 6.07) is 1.61. The molecular weight excluding hydrogens is 158 g/mol. The van der Waals surface area contributed by atoms with Crippen molar-refractivity contribution >= 4 is 5.91 Å². The number of hydrogen-bond donors (Lipinski definition) is 1. The predicted molar refractivity (Wildman–Crippen MR) is 41.7 cm³/mol. The van der Waals surface area contributed by atoms with E-state index in [1.54, 1.807) is 6.92 Å². The molecule has 5 heteroatoms. The van der Waals surface area contributed by atoms with E-state index < -0.39 is 5.91 Å². The number of hydrogen-bond acceptors (Lipinski definition) is 4. The molecule has 0 radical (unpaired) electrons. The Bertz CT molecular complexity index is 288. The van der Waals surface area contributed by atoms with E-state index in [4.69, 9.17) is 10.5 Å². The van der Waals surface area contributed by atoms with Gasteiger partial charge in [0.2, 0.25) is 0 Å². The third-order valence-electron chi connectivity index (χ3n) is 1.16. The van der Waals surface area contributed by atoms with Crippen molar-refractivity contribution in [1.29, 1.82) is 0 Å². The molecule has 0 bridgehead atoms. The standard InChI is InChI=1S/C7H9N3O2/c1-2-12-7-9-4-3-5(10-7)6(8)11/h3-4H,2H2,1H3,(H2,8,11). The average Bonchev–Trinajstić information content (AvgIpc) is 2.05. The maximum atomic E-state index is 10.6. The molecule has 0 aliphatic heterocycles. The van der Waals surface area contributed by atoms with E-state index in [0.29, 0.717) is 6.61 Å². The van der Waals surface area contributed by atoms with Gasteiger partial charge in [0, 0.05) is 6.20 Å². The van der Waals surface area contributed by atoms with Crippen molar-refractivity contribution in [3.05, 3.63) is 18.0 Å². The van der Waals surface area contributed by atoms with Crippen molar-refractivity contribution in [2.24, 2.45) is 5.73 Å². The van der Waals surface area contributed by atoms with Gasteiger partial charge in [-0.25, -0.2) is 4.98 Å². The Balaban J connectivity index is 2.88. The largest absolute Gasteiger partial charge is 0.464 e. The van der Waals surface area contributed by atoms with Crippen LogP contribution >= 0.6 is 0 Å². The highest BCUT2D eigenvalue weighted by Gasteiger charge is 2.03. The first kappa shape index (κ1) is 8.45. The zero-order valence-corrected chi connectivity index (χ0v) is 6.65. The summed E-state index contributed by atoms with van der Waals surface area (Å²) in [7, 11) is 0. The minimum absolute atomic E-state index is 0.161. The first-order valence-corrected chi connectivity index (χ1v) is 3.49. The molecule has 64 valence electrons. The van der Waals surface area contributed by atoms with Crippen LogP contribution in [0.25, 0.3) is 0 Å². The summed E-state index contributed by atoms with van der Waals surface area (Å²) in [4.78, 5) is 18.2. The fourth-order valence-corrected chi connectivity index (χ4v) is 0.677. The average molecular weight is 167 g/mol. The van der Waals surface area contributed by atoms with Crippen LogP contribution < -0.4 is 10.5 Å². The van der Waals surface area contributed by atoms with Gasteiger partial charge in [0.15, 0.2) is 0 Å². The second-order valence-corrected chi connectivity index (χ2v) is 2.02. The van der Waals surface area contributed by atoms with E-state index in [2.05, 4.69) is 9.97 Å². The highest BCUT2D eigenvalue weighted by Crippen LogP contribution is 2.01. The van der Waals surface area contributed by atoms with E-state index in [9.17, 15) is 4.79 Å². The molecule has 0 saturated carbocycles. The maximum absolute atomic E-state index is 10.6. The van der Waals surface area contributed by atoms with Crippen LogP contribution in [-0.4, -0.2) is 22.5 Å². The van der Waals surface area contributed by atoms with Gasteiger partial charge in [0.25, 0.3) is 5.91 Å². The Morgan fingerprint density at radius 3 is 3.08 bits per heavy atom. The van der Waals surface area contributed by atoms with E-state index in [1.165, 1.54) is 12.3 Å². The van der Waals surface area contributed by atoms with Crippen molar-refractivity contribution in [2.45, 2.75) is 6.92 Å². The summed E-state index contributed by atoms with van der Waals surface area (Å²) < 4.78 is 4.97. The lowest BCUT2D eigenvalue weighted by molar-refractivity contribution is 0.0994. The normalized spacial score (nSPS) is 9.42. The lowest BCUT2D eigenvalue weighted by Crippen LogP contribution is -2.13. The first-order valence-electron chi connectivity index (χ1n) is 3.49. The lowest BCUT2D eigenvalue weighted by atomic mass is 10.4. The zero-order chi connectivity index (χ0) is 8.97. The minimum Gasteiger partial charge on any atom is -0.464 e. The molecule has 2 N–H and O–H groups in total. The van der Waals surface area contributed by atoms with Crippen molar-refractivity contribution in [2.75, 3.05) is 6.61 Å². The minimum atomic E-state index is -0.585. The molecular formula is C7H9N3O2. The molecule has 0 aliphatic carbocycles. The van der Waals surface area contributed by atoms with Crippen molar-refractivity contribution in [3.8, 4) is 6.01 Å². The third-order valence-corrected chi connectivity index (χ3v) is 1.16. The Labute approximate surface area is 69.6 Å². The van der Waals surface area contributed by atoms with Gasteiger partial charge in [-0.3, -0.25) is 4.79 Å². The highest BCUT2D eigenvalue weighted by molar-refractivity contribution is 5.90. The number of primary amides is 1. The van der Waals surface area contributed by atoms with Gasteiger partial charge >= 0.3 is 6.01 Å². The summed E-state index contributed by atoms with van der Waals surface area (Å²) in [5, 5.41) is 0. The molecule has 12 heavy (non-hydrogen) atoms. The molecule has 0 fully saturated rings. The van der Waals surface area contributed by atoms with Crippen LogP contribution in [0.4, 0.5) is 0 Å². The van der Waals surface area contributed by atoms with E-state index in [1.807, 2.05) is 0 Å². The van der Waals surface area contributed by atoms with Gasteiger partial charge in [-0.05, 0) is 13.0 Å². The SMILES string of the molecule is CCOc1nccc(C(N)=O)n1. The van der Waals surface area contributed by atoms with Gasteiger partial charge in [-0.2, -0.15) is 4.98 Å². The monoisotopic (exact) mass is 167 g/mol. The smallest absolute Gasteiger partial charge is 0.317 e. The van der Waals surface area contributed by atoms with E-state index in [-0.39, 0.29) is 11.7 Å². The highest BCUT2D eigenvalue weighted by atomic mass is 16.5. The van der Waals surface area contributed by atoms with Gasteiger partial charge in [-0.1, -0.05) is 0 Å². The molecule has 0 saturated heterocycles. The van der Waals surface area contributed by atoms with Crippen LogP contribution in [0.5, 0.6) is 6.01 Å². The van der Waals surface area contributed by atoms with Crippen molar-refractivity contribution in [3.63, 3.8) is 0 Å². The Hall–Kier alpha value is -1.65. The van der Waals surface area contributed by atoms with Gasteiger partial charge < -0.3 is 10.5 Å². The molecule has 0 aromatic carbocycles. The summed E-state index contributed by atoms with van der Waals surface area (Å²) >= 11 is 0. The van der Waals surface area contributed by atoms with Crippen LogP contribution in [0.15, 0.2) is 12.3 Å². The van der Waals surface area contributed by atoms with Crippen LogP contribution in [0.2, 0.25) is 0 Å². The van der Waals surface area contributed by atoms with Crippen LogP contribution in [0, 0.1) is 0 Å². The quantitative estimate of drug-likeness (QED) is 0.685. The zero-order valence-electron chi connectivity index (χ0n) is 6.65. The Morgan fingerprint density at radius 1 is 1.75 bits per heavy atom. The molecule has 1 heterocycles. The topological polar surface area (TPSA) is 78.1 Å². The number of carbonyl (C=O) groups excluding carboxylic acids is 1. The molecule has 0 unspecified atom stereocenters. The Kier molecular flexibility index (Phi) is 2.57. The summed E-state index contributed by atoms with van der Waals surface area (Å²) in [5.74, 6) is -0.585. The predicted octanol–water partition coefficient (Wildman–Crippen LogP) is -0.0258. The summed E-state index contributed by atoms with van der Waals surface area (Å²) in [5.41, 5.74) is 5.15. The number of amides is 1. The van der Waals surface area contributed by atoms with E-state index >= 15 is 0 Å². The fourth-order valence-electron chi connectivity index (χ4n) is 0.677. The van der Waals surface area contributed by atoms with Gasteiger partial charge in [0.05, 0.1) is 6.61 Å². The number of ether oxygens (including phenoxy) is 1. The number of nitrogens with zero attached hydrogens (tertiary/aromatic N) is 2. The first-order chi connectivity index (χ1) is 5.74. The van der Waals surface area contributed by atoms with Gasteiger partial charge in [0.1, 0.15) is 5.69 Å². The summed E-state index contributed by atoms with van der Waals surface area (Å²) in [6.07, 6.45) is 1.43. The number of nitrogens with two attached hydrogens (primary N) is 1. The van der Waals surface area contributed by atoms with Crippen LogP contribution in [0.1, 0.15) is 17.4 Å². The maximum Gasteiger partial charge on any atom is 0.317 e. The number of rotatable bonds is 3. The molecule has 1 amide bonds. The van der Waals surface area contributed by atoms with Crippen molar-refractivity contribution in [1.82, 2.24) is 9.97 Å². The van der Waals surface area contributed by atoms with Crippen molar-refractivity contribution < 1.29 is 9.53 Å². The Morgan fingerprint density at radius 2 is 2.50 bits per heavy atom. The number of aromatic nitrogens is 2. The molecule has 1 aromatic rings. The van der Waals surface area contributed by atoms with Crippen LogP contribution in [-0.2, 0) is 0 Å². The molecule has 0 aliphatic rings. The molecule has 5 nitrogen and oxygen atoms in total. The number of carbonyl (C=O) groups is 1. The van der Waals surface area contributed by atoms with Gasteiger partial charge in [-0.15, -0.1) is 0 Å². The molecule has 0 atom stereocenters. The summed E-state index contributed by atoms with van der Waals surface area (Å²) in [6.45, 7) is 2.27.